The normalized spacial score (nSPS) is 13.7. The van der Waals surface area contributed by atoms with Crippen LogP contribution in [0.5, 0.6) is 5.88 Å². The summed E-state index contributed by atoms with van der Waals surface area (Å²) in [6.07, 6.45) is 4.41. The van der Waals surface area contributed by atoms with Crippen LogP contribution in [0.3, 0.4) is 0 Å². The van der Waals surface area contributed by atoms with Crippen molar-refractivity contribution in [2.45, 2.75) is 45.9 Å². The van der Waals surface area contributed by atoms with Crippen molar-refractivity contribution in [1.82, 2.24) is 19.9 Å². The molecule has 0 radical (unpaired) electrons. The summed E-state index contributed by atoms with van der Waals surface area (Å²) in [6.45, 7) is 7.66. The first-order chi connectivity index (χ1) is 15.7. The zero-order chi connectivity index (χ0) is 23.6. The van der Waals surface area contributed by atoms with E-state index in [1.165, 1.54) is 16.7 Å². The van der Waals surface area contributed by atoms with Gasteiger partial charge in [-0.1, -0.05) is 5.92 Å². The van der Waals surface area contributed by atoms with Gasteiger partial charge in [-0.2, -0.15) is 0 Å². The lowest BCUT2D eigenvalue weighted by Crippen LogP contribution is -2.27. The van der Waals surface area contributed by atoms with Crippen molar-refractivity contribution in [2.24, 2.45) is 0 Å². The first-order valence-corrected chi connectivity index (χ1v) is 10.9. The number of likely N-dealkylation sites (N-methyl/N-ethyl adjacent to an activating group) is 1. The van der Waals surface area contributed by atoms with Crippen LogP contribution in [0.25, 0.3) is 11.3 Å². The lowest BCUT2D eigenvalue weighted by atomic mass is 9.92. The number of nitrogens with zero attached hydrogens (tertiary/aromatic N) is 4. The maximum atomic E-state index is 9.79. The number of hydrogen-bond donors (Lipinski definition) is 2. The third kappa shape index (κ3) is 5.67. The molecule has 3 heterocycles. The number of anilines is 1. The van der Waals surface area contributed by atoms with Crippen LogP contribution in [0.2, 0.25) is 0 Å². The molecule has 0 saturated carbocycles. The molecule has 0 fully saturated rings. The van der Waals surface area contributed by atoms with Crippen LogP contribution in [-0.4, -0.2) is 44.2 Å². The van der Waals surface area contributed by atoms with Gasteiger partial charge >= 0.3 is 0 Å². The highest BCUT2D eigenvalue weighted by atomic mass is 16.5. The summed E-state index contributed by atoms with van der Waals surface area (Å²) in [5.41, 5.74) is 12.2. The van der Waals surface area contributed by atoms with Crippen LogP contribution in [0, 0.1) is 18.8 Å². The molecule has 7 nitrogen and oxygen atoms in total. The SMILES string of the molecule is Cc1cc(-c2cnc(N)c(OCc3ccnc(C#CC(C)(C)O)c3)n2)cc2c1CCN(C)C2. The second-order valence-electron chi connectivity index (χ2n) is 9.01. The molecule has 7 heteroatoms. The lowest BCUT2D eigenvalue weighted by molar-refractivity contribution is 0.143. The summed E-state index contributed by atoms with van der Waals surface area (Å²) < 4.78 is 5.91. The number of aromatic nitrogens is 3. The van der Waals surface area contributed by atoms with Gasteiger partial charge in [-0.15, -0.1) is 0 Å². The van der Waals surface area contributed by atoms with Gasteiger partial charge in [0.15, 0.2) is 5.82 Å². The summed E-state index contributed by atoms with van der Waals surface area (Å²) in [4.78, 5) is 15.5. The van der Waals surface area contributed by atoms with Crippen LogP contribution in [0.4, 0.5) is 5.82 Å². The van der Waals surface area contributed by atoms with E-state index in [1.54, 1.807) is 26.2 Å². The number of benzene rings is 1. The van der Waals surface area contributed by atoms with Crippen LogP contribution in [-0.2, 0) is 19.6 Å². The molecule has 2 aromatic heterocycles. The molecule has 1 aliphatic rings. The molecule has 3 aromatic rings. The fourth-order valence-corrected chi connectivity index (χ4v) is 3.84. The van der Waals surface area contributed by atoms with E-state index < -0.39 is 5.60 Å². The van der Waals surface area contributed by atoms with E-state index in [-0.39, 0.29) is 12.4 Å². The Balaban J connectivity index is 1.55. The van der Waals surface area contributed by atoms with Crippen molar-refractivity contribution in [2.75, 3.05) is 19.3 Å². The van der Waals surface area contributed by atoms with Gasteiger partial charge in [0.25, 0.3) is 5.88 Å². The maximum absolute atomic E-state index is 9.79. The molecular formula is C26H29N5O2. The molecule has 1 aromatic carbocycles. The van der Waals surface area contributed by atoms with Gasteiger partial charge in [-0.3, -0.25) is 0 Å². The van der Waals surface area contributed by atoms with Gasteiger partial charge in [0.2, 0.25) is 0 Å². The topological polar surface area (TPSA) is 97.4 Å². The Bertz CT molecular complexity index is 1240. The molecular weight excluding hydrogens is 414 g/mol. The number of pyridine rings is 1. The van der Waals surface area contributed by atoms with E-state index in [1.807, 2.05) is 12.1 Å². The van der Waals surface area contributed by atoms with E-state index in [2.05, 4.69) is 57.8 Å². The number of aliphatic hydroxyl groups is 1. The van der Waals surface area contributed by atoms with Crippen molar-refractivity contribution in [3.05, 3.63) is 64.6 Å². The molecule has 0 bridgehead atoms. The molecule has 0 unspecified atom stereocenters. The molecule has 0 atom stereocenters. The lowest BCUT2D eigenvalue weighted by Gasteiger charge is -2.27. The molecule has 0 aliphatic carbocycles. The van der Waals surface area contributed by atoms with E-state index >= 15 is 0 Å². The van der Waals surface area contributed by atoms with Crippen molar-refractivity contribution in [1.29, 1.82) is 0 Å². The summed E-state index contributed by atoms with van der Waals surface area (Å²) >= 11 is 0. The molecule has 170 valence electrons. The highest BCUT2D eigenvalue weighted by Gasteiger charge is 2.17. The molecule has 4 rings (SSSR count). The molecule has 33 heavy (non-hydrogen) atoms. The zero-order valence-corrected chi connectivity index (χ0v) is 19.5. The Morgan fingerprint density at radius 1 is 1.24 bits per heavy atom. The molecule has 1 aliphatic heterocycles. The van der Waals surface area contributed by atoms with Gasteiger partial charge in [0.1, 0.15) is 17.9 Å². The molecule has 0 spiro atoms. The summed E-state index contributed by atoms with van der Waals surface area (Å²) in [6, 6.07) is 8.00. The van der Waals surface area contributed by atoms with Gasteiger partial charge in [-0.25, -0.2) is 15.0 Å². The van der Waals surface area contributed by atoms with Gasteiger partial charge in [-0.05, 0) is 86.7 Å². The number of aryl methyl sites for hydroxylation is 1. The quantitative estimate of drug-likeness (QED) is 0.598. The summed E-state index contributed by atoms with van der Waals surface area (Å²) in [5, 5.41) is 9.79. The van der Waals surface area contributed by atoms with Crippen LogP contribution in [0.15, 0.2) is 36.7 Å². The predicted octanol–water partition coefficient (Wildman–Crippen LogP) is 3.12. The Labute approximate surface area is 194 Å². The van der Waals surface area contributed by atoms with Crippen molar-refractivity contribution >= 4 is 5.82 Å². The van der Waals surface area contributed by atoms with Crippen molar-refractivity contribution in [3.8, 4) is 29.0 Å². The van der Waals surface area contributed by atoms with Crippen LogP contribution >= 0.6 is 0 Å². The monoisotopic (exact) mass is 443 g/mol. The minimum Gasteiger partial charge on any atom is -0.470 e. The van der Waals surface area contributed by atoms with Gasteiger partial charge in [0.05, 0.1) is 11.9 Å². The van der Waals surface area contributed by atoms with Crippen LogP contribution in [0.1, 0.15) is 41.8 Å². The molecule has 0 amide bonds. The Kier molecular flexibility index (Phi) is 6.32. The number of rotatable bonds is 4. The minimum absolute atomic E-state index is 0.240. The van der Waals surface area contributed by atoms with Gasteiger partial charge in [0, 0.05) is 24.8 Å². The van der Waals surface area contributed by atoms with Crippen molar-refractivity contribution < 1.29 is 9.84 Å². The third-order valence-corrected chi connectivity index (χ3v) is 5.51. The van der Waals surface area contributed by atoms with E-state index in [0.29, 0.717) is 11.6 Å². The number of ether oxygens (including phenoxy) is 1. The highest BCUT2D eigenvalue weighted by Crippen LogP contribution is 2.30. The number of hydrogen-bond acceptors (Lipinski definition) is 7. The first-order valence-electron chi connectivity index (χ1n) is 10.9. The average Bonchev–Trinajstić information content (AvgIpc) is 2.76. The van der Waals surface area contributed by atoms with E-state index in [0.717, 1.165) is 36.3 Å². The zero-order valence-electron chi connectivity index (χ0n) is 19.5. The Hall–Kier alpha value is -3.47. The second kappa shape index (κ2) is 9.18. The molecule has 3 N–H and O–H groups in total. The third-order valence-electron chi connectivity index (χ3n) is 5.51. The number of nitrogen functional groups attached to an aromatic ring is 1. The standard InChI is InChI=1S/C26H29N5O2/c1-17-11-19(13-20-15-31(4)10-7-22(17)20)23-14-29-24(27)25(30-23)33-16-18-6-9-28-21(12-18)5-8-26(2,3)32/h6,9,11-14,32H,7,10,15-16H2,1-4H3,(H2,27,29). The predicted molar refractivity (Wildman–Crippen MR) is 128 cm³/mol. The molecule has 0 saturated heterocycles. The average molecular weight is 444 g/mol. The van der Waals surface area contributed by atoms with Crippen molar-refractivity contribution in [3.63, 3.8) is 0 Å². The Morgan fingerprint density at radius 2 is 2.06 bits per heavy atom. The highest BCUT2D eigenvalue weighted by molar-refractivity contribution is 5.64. The van der Waals surface area contributed by atoms with E-state index in [9.17, 15) is 5.11 Å². The number of nitrogens with two attached hydrogens (primary N) is 1. The largest absolute Gasteiger partial charge is 0.470 e. The first kappa shape index (κ1) is 22.7. The van der Waals surface area contributed by atoms with Crippen LogP contribution < -0.4 is 10.5 Å². The second-order valence-corrected chi connectivity index (χ2v) is 9.01. The maximum Gasteiger partial charge on any atom is 0.258 e. The fourth-order valence-electron chi connectivity index (χ4n) is 3.84. The van der Waals surface area contributed by atoms with E-state index in [4.69, 9.17) is 10.5 Å². The Morgan fingerprint density at radius 3 is 2.85 bits per heavy atom. The fraction of sp³-hybridized carbons (Fsp3) is 0.346. The van der Waals surface area contributed by atoms with Gasteiger partial charge < -0.3 is 20.5 Å². The summed E-state index contributed by atoms with van der Waals surface area (Å²) in [5.74, 6) is 6.17. The summed E-state index contributed by atoms with van der Waals surface area (Å²) in [7, 11) is 2.14. The number of fused-ring (bicyclic) bond motifs is 1. The minimum atomic E-state index is -1.08. The smallest absolute Gasteiger partial charge is 0.258 e.